The molecule has 0 fully saturated rings. The van der Waals surface area contributed by atoms with Crippen LogP contribution in [0.4, 0.5) is 0 Å². The van der Waals surface area contributed by atoms with Crippen LogP contribution >= 0.6 is 0 Å². The molecule has 1 N–H and O–H groups in total. The van der Waals surface area contributed by atoms with Crippen molar-refractivity contribution in [1.82, 2.24) is 15.1 Å². The number of hydrogen-bond donors (Lipinski definition) is 1. The highest BCUT2D eigenvalue weighted by Crippen LogP contribution is 2.32. The van der Waals surface area contributed by atoms with E-state index >= 15 is 0 Å². The Morgan fingerprint density at radius 2 is 2.12 bits per heavy atom. The quantitative estimate of drug-likeness (QED) is 0.882. The highest BCUT2D eigenvalue weighted by atomic mass is 16.7. The minimum absolute atomic E-state index is 0.00988. The molecule has 1 aliphatic heterocycles. The summed E-state index contributed by atoms with van der Waals surface area (Å²) in [5.41, 5.74) is 2.26. The third kappa shape index (κ3) is 2.62. The van der Waals surface area contributed by atoms with E-state index in [0.29, 0.717) is 23.5 Å². The van der Waals surface area contributed by atoms with Crippen LogP contribution in [0, 0.1) is 0 Å². The van der Waals surface area contributed by atoms with Crippen molar-refractivity contribution in [3.05, 3.63) is 51.4 Å². The van der Waals surface area contributed by atoms with Gasteiger partial charge < -0.3 is 14.8 Å². The molecule has 1 aromatic heterocycles. The predicted octanol–water partition coefficient (Wildman–Crippen LogP) is 0.796. The molecule has 2 aliphatic rings. The molecule has 1 aromatic carbocycles. The van der Waals surface area contributed by atoms with E-state index in [1.54, 1.807) is 31.3 Å². The predicted molar refractivity (Wildman–Crippen MR) is 85.3 cm³/mol. The SMILES string of the molecule is Cn1nc2c(cc1=O)CC(NC(=O)c1ccc3c(c1)OCO3)CC2. The molecule has 2 heterocycles. The van der Waals surface area contributed by atoms with Crippen molar-refractivity contribution in [2.24, 2.45) is 7.05 Å². The fourth-order valence-electron chi connectivity index (χ4n) is 3.12. The third-order valence-corrected chi connectivity index (χ3v) is 4.42. The first kappa shape index (κ1) is 14.7. The van der Waals surface area contributed by atoms with Gasteiger partial charge in [-0.1, -0.05) is 0 Å². The van der Waals surface area contributed by atoms with E-state index in [1.165, 1.54) is 4.68 Å². The number of benzene rings is 1. The summed E-state index contributed by atoms with van der Waals surface area (Å²) in [5, 5.41) is 7.31. The molecular weight excluding hydrogens is 310 g/mol. The number of ether oxygens (including phenoxy) is 2. The maximum Gasteiger partial charge on any atom is 0.266 e. The molecule has 1 atom stereocenters. The molecule has 1 unspecified atom stereocenters. The number of amides is 1. The van der Waals surface area contributed by atoms with E-state index in [0.717, 1.165) is 24.1 Å². The second kappa shape index (κ2) is 5.67. The van der Waals surface area contributed by atoms with Gasteiger partial charge in [-0.3, -0.25) is 9.59 Å². The molecule has 7 nitrogen and oxygen atoms in total. The van der Waals surface area contributed by atoms with Crippen molar-refractivity contribution in [2.75, 3.05) is 6.79 Å². The molecular formula is C17H17N3O4. The number of aryl methyl sites for hydroxylation is 2. The zero-order chi connectivity index (χ0) is 16.7. The smallest absolute Gasteiger partial charge is 0.266 e. The summed E-state index contributed by atoms with van der Waals surface area (Å²) in [6, 6.07) is 6.75. The number of nitrogens with zero attached hydrogens (tertiary/aromatic N) is 2. The van der Waals surface area contributed by atoms with Crippen LogP contribution in [0.25, 0.3) is 0 Å². The Balaban J connectivity index is 1.49. The molecule has 7 heteroatoms. The van der Waals surface area contributed by atoms with E-state index < -0.39 is 0 Å². The lowest BCUT2D eigenvalue weighted by Gasteiger charge is -2.24. The summed E-state index contributed by atoms with van der Waals surface area (Å²) >= 11 is 0. The minimum atomic E-state index is -0.154. The van der Waals surface area contributed by atoms with E-state index in [4.69, 9.17) is 9.47 Å². The standard InChI is InChI=1S/C17H17N3O4/c1-20-16(21)8-11-6-12(3-4-13(11)19-20)18-17(22)10-2-5-14-15(7-10)24-9-23-14/h2,5,7-8,12H,3-4,6,9H2,1H3,(H,18,22). The van der Waals surface area contributed by atoms with Crippen LogP contribution in [0.5, 0.6) is 11.5 Å². The first-order valence-electron chi connectivity index (χ1n) is 7.87. The minimum Gasteiger partial charge on any atom is -0.454 e. The molecule has 0 spiro atoms. The van der Waals surface area contributed by atoms with Crippen molar-refractivity contribution in [3.63, 3.8) is 0 Å². The lowest BCUT2D eigenvalue weighted by atomic mass is 9.92. The molecule has 24 heavy (non-hydrogen) atoms. The fourth-order valence-corrected chi connectivity index (χ4v) is 3.12. The monoisotopic (exact) mass is 327 g/mol. The fraction of sp³-hybridized carbons (Fsp3) is 0.353. The Hall–Kier alpha value is -2.83. The van der Waals surface area contributed by atoms with E-state index in [1.807, 2.05) is 0 Å². The summed E-state index contributed by atoms with van der Waals surface area (Å²) in [4.78, 5) is 24.2. The van der Waals surface area contributed by atoms with Crippen LogP contribution in [-0.4, -0.2) is 28.5 Å². The topological polar surface area (TPSA) is 82.5 Å². The van der Waals surface area contributed by atoms with Crippen LogP contribution in [0.1, 0.15) is 28.0 Å². The van der Waals surface area contributed by atoms with Crippen LogP contribution in [0.15, 0.2) is 29.1 Å². The third-order valence-electron chi connectivity index (χ3n) is 4.42. The Kier molecular flexibility index (Phi) is 3.48. The van der Waals surface area contributed by atoms with Gasteiger partial charge in [0.15, 0.2) is 11.5 Å². The molecule has 0 radical (unpaired) electrons. The highest BCUT2D eigenvalue weighted by Gasteiger charge is 2.23. The van der Waals surface area contributed by atoms with Gasteiger partial charge in [0.05, 0.1) is 5.69 Å². The molecule has 2 aromatic rings. The Labute approximate surface area is 138 Å². The first-order chi connectivity index (χ1) is 11.6. The van der Waals surface area contributed by atoms with Gasteiger partial charge in [0, 0.05) is 24.7 Å². The number of carbonyl (C=O) groups is 1. The van der Waals surface area contributed by atoms with Gasteiger partial charge in [0.25, 0.3) is 11.5 Å². The van der Waals surface area contributed by atoms with Gasteiger partial charge >= 0.3 is 0 Å². The number of rotatable bonds is 2. The van der Waals surface area contributed by atoms with Gasteiger partial charge in [0.1, 0.15) is 0 Å². The van der Waals surface area contributed by atoms with Crippen molar-refractivity contribution in [1.29, 1.82) is 0 Å². The molecule has 1 amide bonds. The van der Waals surface area contributed by atoms with Crippen LogP contribution in [0.3, 0.4) is 0 Å². The highest BCUT2D eigenvalue weighted by molar-refractivity contribution is 5.95. The summed E-state index contributed by atoms with van der Waals surface area (Å²) in [6.07, 6.45) is 2.17. The summed E-state index contributed by atoms with van der Waals surface area (Å²) in [5.74, 6) is 1.09. The molecule has 0 bridgehead atoms. The Bertz CT molecular complexity index is 875. The molecule has 124 valence electrons. The Morgan fingerprint density at radius 3 is 3.00 bits per heavy atom. The van der Waals surface area contributed by atoms with Gasteiger partial charge in [-0.05, 0) is 43.0 Å². The summed E-state index contributed by atoms with van der Waals surface area (Å²) in [6.45, 7) is 0.182. The van der Waals surface area contributed by atoms with Crippen molar-refractivity contribution >= 4 is 5.91 Å². The Morgan fingerprint density at radius 1 is 1.29 bits per heavy atom. The maximum atomic E-state index is 12.5. The van der Waals surface area contributed by atoms with Crippen molar-refractivity contribution in [3.8, 4) is 11.5 Å². The second-order valence-corrected chi connectivity index (χ2v) is 6.06. The average Bonchev–Trinajstić information content (AvgIpc) is 3.03. The molecule has 4 rings (SSSR count). The van der Waals surface area contributed by atoms with Crippen molar-refractivity contribution in [2.45, 2.75) is 25.3 Å². The maximum absolute atomic E-state index is 12.5. The van der Waals surface area contributed by atoms with Crippen LogP contribution in [0.2, 0.25) is 0 Å². The molecule has 0 saturated carbocycles. The summed E-state index contributed by atoms with van der Waals surface area (Å²) in [7, 11) is 1.65. The van der Waals surface area contributed by atoms with Gasteiger partial charge in [-0.15, -0.1) is 0 Å². The van der Waals surface area contributed by atoms with Gasteiger partial charge in [-0.25, -0.2) is 4.68 Å². The summed E-state index contributed by atoms with van der Waals surface area (Å²) < 4.78 is 11.9. The van der Waals surface area contributed by atoms with E-state index in [9.17, 15) is 9.59 Å². The van der Waals surface area contributed by atoms with Crippen LogP contribution in [-0.2, 0) is 19.9 Å². The first-order valence-corrected chi connectivity index (χ1v) is 7.87. The lowest BCUT2D eigenvalue weighted by Crippen LogP contribution is -2.40. The molecule has 0 saturated heterocycles. The van der Waals surface area contributed by atoms with E-state index in [-0.39, 0.29) is 24.3 Å². The zero-order valence-corrected chi connectivity index (χ0v) is 13.2. The molecule has 1 aliphatic carbocycles. The number of aromatic nitrogens is 2. The van der Waals surface area contributed by atoms with Gasteiger partial charge in [-0.2, -0.15) is 5.10 Å². The normalized spacial score (nSPS) is 18.1. The van der Waals surface area contributed by atoms with E-state index in [2.05, 4.69) is 10.4 Å². The average molecular weight is 327 g/mol. The number of nitrogens with one attached hydrogen (secondary N) is 1. The zero-order valence-electron chi connectivity index (χ0n) is 13.2. The number of fused-ring (bicyclic) bond motifs is 2. The lowest BCUT2D eigenvalue weighted by molar-refractivity contribution is 0.0933. The largest absolute Gasteiger partial charge is 0.454 e. The number of carbonyl (C=O) groups excluding carboxylic acids is 1. The second-order valence-electron chi connectivity index (χ2n) is 6.06. The number of hydrogen-bond acceptors (Lipinski definition) is 5. The van der Waals surface area contributed by atoms with Gasteiger partial charge in [0.2, 0.25) is 6.79 Å². The van der Waals surface area contributed by atoms with Crippen molar-refractivity contribution < 1.29 is 14.3 Å². The van der Waals surface area contributed by atoms with Crippen LogP contribution < -0.4 is 20.3 Å².